The Morgan fingerprint density at radius 1 is 0.750 bits per heavy atom. The summed E-state index contributed by atoms with van der Waals surface area (Å²) in [4.78, 5) is 27.9. The Bertz CT molecular complexity index is 1230. The molecule has 0 bridgehead atoms. The third-order valence-corrected chi connectivity index (χ3v) is 5.20. The fourth-order valence-corrected chi connectivity index (χ4v) is 3.49. The zero-order valence-corrected chi connectivity index (χ0v) is 17.2. The van der Waals surface area contributed by atoms with Gasteiger partial charge in [-0.25, -0.2) is 0 Å². The van der Waals surface area contributed by atoms with Crippen LogP contribution in [0.4, 0.5) is 5.69 Å². The lowest BCUT2D eigenvalue weighted by Crippen LogP contribution is -2.12. The molecule has 0 radical (unpaired) electrons. The zero-order valence-electron chi connectivity index (χ0n) is 17.2. The number of aromatic nitrogens is 1. The molecule has 3 aromatic carbocycles. The largest absolute Gasteiger partial charge is 0.505 e. The van der Waals surface area contributed by atoms with Crippen LogP contribution in [-0.2, 0) is 12.8 Å². The standard InChI is InChI=1S/C26H22N2O4/c29-23(18-9-5-2-6-10-18)19-12-14-20(15-13-19)27-25(31)22-24(30)21(28-26(22)32)16-11-17-7-3-1-4-8-17/h1-10,12-15,28,30,32H,11,16H2,(H,27,31). The molecule has 0 aliphatic rings. The summed E-state index contributed by atoms with van der Waals surface area (Å²) < 4.78 is 0. The van der Waals surface area contributed by atoms with Gasteiger partial charge in [-0.05, 0) is 42.7 Å². The predicted octanol–water partition coefficient (Wildman–Crippen LogP) is 4.69. The Hall–Kier alpha value is -4.32. The maximum atomic E-state index is 12.7. The molecular weight excluding hydrogens is 404 g/mol. The molecule has 0 aliphatic carbocycles. The van der Waals surface area contributed by atoms with Gasteiger partial charge in [0.1, 0.15) is 5.56 Å². The number of amides is 1. The van der Waals surface area contributed by atoms with Gasteiger partial charge >= 0.3 is 0 Å². The molecule has 6 heteroatoms. The molecule has 0 aliphatic heterocycles. The van der Waals surface area contributed by atoms with Crippen LogP contribution in [0.2, 0.25) is 0 Å². The molecule has 0 saturated heterocycles. The van der Waals surface area contributed by atoms with E-state index in [-0.39, 0.29) is 23.0 Å². The number of benzene rings is 3. The van der Waals surface area contributed by atoms with Crippen LogP contribution in [0.1, 0.15) is 37.5 Å². The Labute approximate surface area is 185 Å². The first-order chi connectivity index (χ1) is 15.5. The van der Waals surface area contributed by atoms with Crippen molar-refractivity contribution in [3.63, 3.8) is 0 Å². The topological polar surface area (TPSA) is 102 Å². The van der Waals surface area contributed by atoms with Gasteiger partial charge in [-0.3, -0.25) is 9.59 Å². The number of aromatic hydroxyl groups is 2. The highest BCUT2D eigenvalue weighted by Crippen LogP contribution is 2.32. The van der Waals surface area contributed by atoms with E-state index >= 15 is 0 Å². The lowest BCUT2D eigenvalue weighted by molar-refractivity contribution is 0.101. The minimum absolute atomic E-state index is 0.118. The molecule has 1 heterocycles. The van der Waals surface area contributed by atoms with E-state index in [1.165, 1.54) is 0 Å². The number of carbonyl (C=O) groups is 2. The lowest BCUT2D eigenvalue weighted by atomic mass is 10.0. The molecule has 1 amide bonds. The molecule has 6 nitrogen and oxygen atoms in total. The molecule has 0 unspecified atom stereocenters. The quantitative estimate of drug-likeness (QED) is 0.322. The Balaban J connectivity index is 1.44. The first kappa shape index (κ1) is 20.9. The summed E-state index contributed by atoms with van der Waals surface area (Å²) in [6, 6.07) is 25.1. The highest BCUT2D eigenvalue weighted by molar-refractivity contribution is 6.10. The van der Waals surface area contributed by atoms with Crippen molar-refractivity contribution in [3.8, 4) is 11.6 Å². The van der Waals surface area contributed by atoms with Gasteiger partial charge in [-0.1, -0.05) is 60.7 Å². The third-order valence-electron chi connectivity index (χ3n) is 5.20. The number of ketones is 1. The van der Waals surface area contributed by atoms with Crippen LogP contribution in [0.3, 0.4) is 0 Å². The molecule has 32 heavy (non-hydrogen) atoms. The van der Waals surface area contributed by atoms with Crippen LogP contribution >= 0.6 is 0 Å². The van der Waals surface area contributed by atoms with Gasteiger partial charge in [-0.15, -0.1) is 0 Å². The number of aromatic amines is 1. The van der Waals surface area contributed by atoms with Gasteiger partial charge in [0.2, 0.25) is 5.88 Å². The fraction of sp³-hybridized carbons (Fsp3) is 0.0769. The molecule has 160 valence electrons. The number of aryl methyl sites for hydroxylation is 2. The van der Waals surface area contributed by atoms with Gasteiger partial charge in [0, 0.05) is 16.8 Å². The molecule has 4 N–H and O–H groups in total. The number of H-pyrrole nitrogens is 1. The number of carbonyl (C=O) groups excluding carboxylic acids is 2. The minimum atomic E-state index is -0.649. The molecule has 1 aromatic heterocycles. The van der Waals surface area contributed by atoms with Gasteiger partial charge < -0.3 is 20.5 Å². The van der Waals surface area contributed by atoms with E-state index in [4.69, 9.17) is 0 Å². The van der Waals surface area contributed by atoms with Crippen LogP contribution in [0.15, 0.2) is 84.9 Å². The number of rotatable bonds is 7. The van der Waals surface area contributed by atoms with Gasteiger partial charge in [0.15, 0.2) is 11.5 Å². The van der Waals surface area contributed by atoms with Crippen molar-refractivity contribution in [2.75, 3.05) is 5.32 Å². The number of nitrogens with one attached hydrogen (secondary N) is 2. The average Bonchev–Trinajstić information content (AvgIpc) is 3.12. The molecule has 0 spiro atoms. The maximum absolute atomic E-state index is 12.7. The summed E-state index contributed by atoms with van der Waals surface area (Å²) in [7, 11) is 0. The zero-order chi connectivity index (χ0) is 22.5. The van der Waals surface area contributed by atoms with Crippen LogP contribution in [0.5, 0.6) is 11.6 Å². The van der Waals surface area contributed by atoms with Crippen molar-refractivity contribution in [1.82, 2.24) is 4.98 Å². The summed E-state index contributed by atoms with van der Waals surface area (Å²) >= 11 is 0. The van der Waals surface area contributed by atoms with Crippen molar-refractivity contribution in [2.24, 2.45) is 0 Å². The number of hydrogen-bond acceptors (Lipinski definition) is 4. The number of hydrogen-bond donors (Lipinski definition) is 4. The monoisotopic (exact) mass is 426 g/mol. The van der Waals surface area contributed by atoms with Gasteiger partial charge in [-0.2, -0.15) is 0 Å². The third kappa shape index (κ3) is 4.54. The molecule has 0 atom stereocenters. The highest BCUT2D eigenvalue weighted by atomic mass is 16.3. The maximum Gasteiger partial charge on any atom is 0.264 e. The fourth-order valence-electron chi connectivity index (χ4n) is 3.49. The van der Waals surface area contributed by atoms with Crippen LogP contribution in [-0.4, -0.2) is 26.9 Å². The first-order valence-corrected chi connectivity index (χ1v) is 10.2. The molecular formula is C26H22N2O4. The molecule has 0 saturated carbocycles. The second-order valence-electron chi connectivity index (χ2n) is 7.39. The van der Waals surface area contributed by atoms with Crippen LogP contribution in [0.25, 0.3) is 0 Å². The Morgan fingerprint density at radius 3 is 2.00 bits per heavy atom. The van der Waals surface area contributed by atoms with E-state index in [0.29, 0.717) is 35.3 Å². The molecule has 4 aromatic rings. The summed E-state index contributed by atoms with van der Waals surface area (Å²) in [5, 5.41) is 23.3. The normalized spacial score (nSPS) is 10.6. The van der Waals surface area contributed by atoms with E-state index in [9.17, 15) is 19.8 Å². The second kappa shape index (κ2) is 9.22. The van der Waals surface area contributed by atoms with Crippen molar-refractivity contribution in [3.05, 3.63) is 113 Å². The van der Waals surface area contributed by atoms with E-state index in [1.54, 1.807) is 48.5 Å². The number of anilines is 1. The Kier molecular flexibility index (Phi) is 6.03. The van der Waals surface area contributed by atoms with Crippen molar-refractivity contribution < 1.29 is 19.8 Å². The minimum Gasteiger partial charge on any atom is -0.505 e. The smallest absolute Gasteiger partial charge is 0.264 e. The molecule has 4 rings (SSSR count). The van der Waals surface area contributed by atoms with Crippen molar-refractivity contribution in [2.45, 2.75) is 12.8 Å². The highest BCUT2D eigenvalue weighted by Gasteiger charge is 2.23. The lowest BCUT2D eigenvalue weighted by Gasteiger charge is -2.07. The van der Waals surface area contributed by atoms with E-state index in [0.717, 1.165) is 5.56 Å². The van der Waals surface area contributed by atoms with Crippen LogP contribution in [0, 0.1) is 0 Å². The van der Waals surface area contributed by atoms with Crippen molar-refractivity contribution in [1.29, 1.82) is 0 Å². The predicted molar refractivity (Wildman–Crippen MR) is 122 cm³/mol. The Morgan fingerprint density at radius 2 is 1.34 bits per heavy atom. The summed E-state index contributed by atoms with van der Waals surface area (Å²) in [5.41, 5.74) is 2.76. The van der Waals surface area contributed by atoms with E-state index in [2.05, 4.69) is 10.3 Å². The van der Waals surface area contributed by atoms with E-state index in [1.807, 2.05) is 36.4 Å². The SMILES string of the molecule is O=C(c1ccccc1)c1ccc(NC(=O)c2c(O)[nH]c(CCc3ccccc3)c2O)cc1. The average molecular weight is 426 g/mol. The van der Waals surface area contributed by atoms with Gasteiger partial charge in [0.25, 0.3) is 5.91 Å². The molecule has 0 fully saturated rings. The van der Waals surface area contributed by atoms with E-state index < -0.39 is 5.91 Å². The first-order valence-electron chi connectivity index (χ1n) is 10.2. The summed E-state index contributed by atoms with van der Waals surface area (Å²) in [6.07, 6.45) is 1.08. The van der Waals surface area contributed by atoms with Gasteiger partial charge in [0.05, 0.1) is 5.69 Å². The summed E-state index contributed by atoms with van der Waals surface area (Å²) in [6.45, 7) is 0. The van der Waals surface area contributed by atoms with Crippen molar-refractivity contribution >= 4 is 17.4 Å². The summed E-state index contributed by atoms with van der Waals surface area (Å²) in [5.74, 6) is -1.43. The van der Waals surface area contributed by atoms with Crippen LogP contribution < -0.4 is 5.32 Å². The second-order valence-corrected chi connectivity index (χ2v) is 7.39.